The Morgan fingerprint density at radius 3 is 2.31 bits per heavy atom. The fourth-order valence-corrected chi connectivity index (χ4v) is 0.929. The number of likely N-dealkylation sites (N-methyl/N-ethyl adjacent to an activating group) is 1. The van der Waals surface area contributed by atoms with Crippen molar-refractivity contribution in [2.45, 2.75) is 45.8 Å². The van der Waals surface area contributed by atoms with Gasteiger partial charge in [-0.1, -0.05) is 0 Å². The summed E-state index contributed by atoms with van der Waals surface area (Å²) in [5.41, 5.74) is -0.422. The Labute approximate surface area is 80.7 Å². The van der Waals surface area contributed by atoms with E-state index in [2.05, 4.69) is 0 Å². The molecule has 0 amide bonds. The van der Waals surface area contributed by atoms with Crippen LogP contribution in [0.2, 0.25) is 0 Å². The molecule has 0 spiro atoms. The summed E-state index contributed by atoms with van der Waals surface area (Å²) in [4.78, 5) is 13.2. The highest BCUT2D eigenvalue weighted by Gasteiger charge is 2.28. The number of rotatable bonds is 5. The van der Waals surface area contributed by atoms with Gasteiger partial charge >= 0.3 is 0 Å². The van der Waals surface area contributed by atoms with Gasteiger partial charge in [0.1, 0.15) is 5.78 Å². The summed E-state index contributed by atoms with van der Waals surface area (Å²) in [6.07, 6.45) is 0.401. The average Bonchev–Trinajstić information content (AvgIpc) is 1.99. The van der Waals surface area contributed by atoms with Crippen LogP contribution < -0.4 is 0 Å². The zero-order chi connectivity index (χ0) is 10.6. The molecule has 0 rings (SSSR count). The van der Waals surface area contributed by atoms with Gasteiger partial charge in [0.2, 0.25) is 0 Å². The molecule has 0 aliphatic rings. The Kier molecular flexibility index (Phi) is 4.57. The molecule has 78 valence electrons. The van der Waals surface area contributed by atoms with Crippen molar-refractivity contribution in [3.8, 4) is 0 Å². The van der Waals surface area contributed by atoms with Crippen molar-refractivity contribution in [2.75, 3.05) is 13.6 Å². The molecule has 1 atom stereocenters. The first-order valence-electron chi connectivity index (χ1n) is 4.68. The molecule has 0 fully saturated rings. The first-order valence-corrected chi connectivity index (χ1v) is 4.68. The van der Waals surface area contributed by atoms with Crippen molar-refractivity contribution in [3.63, 3.8) is 0 Å². The topological polar surface area (TPSA) is 40.5 Å². The Morgan fingerprint density at radius 1 is 1.54 bits per heavy atom. The van der Waals surface area contributed by atoms with Crippen LogP contribution in [0, 0.1) is 0 Å². The average molecular weight is 187 g/mol. The molecule has 1 N–H and O–H groups in total. The summed E-state index contributed by atoms with van der Waals surface area (Å²) < 4.78 is 0. The van der Waals surface area contributed by atoms with Gasteiger partial charge in [0, 0.05) is 6.54 Å². The van der Waals surface area contributed by atoms with Gasteiger partial charge in [0.05, 0.1) is 11.6 Å². The molecule has 0 aromatic rings. The molecule has 0 aromatic heterocycles. The minimum absolute atomic E-state index is 0.153. The third-order valence-corrected chi connectivity index (χ3v) is 2.70. The number of hydrogen-bond donors (Lipinski definition) is 1. The largest absolute Gasteiger partial charge is 0.393 e. The van der Waals surface area contributed by atoms with Gasteiger partial charge in [-0.25, -0.2) is 0 Å². The highest BCUT2D eigenvalue weighted by Crippen LogP contribution is 2.13. The molecule has 0 aliphatic carbocycles. The minimum Gasteiger partial charge on any atom is -0.393 e. The van der Waals surface area contributed by atoms with E-state index in [1.54, 1.807) is 13.8 Å². The van der Waals surface area contributed by atoms with E-state index in [-0.39, 0.29) is 11.9 Å². The maximum Gasteiger partial charge on any atom is 0.149 e. The van der Waals surface area contributed by atoms with E-state index in [4.69, 9.17) is 5.11 Å². The second-order valence-corrected chi connectivity index (χ2v) is 4.17. The van der Waals surface area contributed by atoms with Gasteiger partial charge < -0.3 is 5.11 Å². The van der Waals surface area contributed by atoms with Crippen LogP contribution in [0.4, 0.5) is 0 Å². The van der Waals surface area contributed by atoms with Crippen LogP contribution in [-0.4, -0.2) is 41.0 Å². The first kappa shape index (κ1) is 12.6. The van der Waals surface area contributed by atoms with E-state index in [0.29, 0.717) is 6.42 Å². The van der Waals surface area contributed by atoms with E-state index in [1.165, 1.54) is 0 Å². The molecule has 0 heterocycles. The highest BCUT2D eigenvalue weighted by molar-refractivity contribution is 5.85. The smallest absolute Gasteiger partial charge is 0.149 e. The van der Waals surface area contributed by atoms with Crippen LogP contribution in [0.25, 0.3) is 0 Å². The van der Waals surface area contributed by atoms with Crippen LogP contribution >= 0.6 is 0 Å². The van der Waals surface area contributed by atoms with Gasteiger partial charge in [0.25, 0.3) is 0 Å². The number of carbonyl (C=O) groups excluding carboxylic acids is 1. The zero-order valence-electron chi connectivity index (χ0n) is 9.29. The first-order chi connectivity index (χ1) is 5.78. The summed E-state index contributed by atoms with van der Waals surface area (Å²) in [6.45, 7) is 7.90. The van der Waals surface area contributed by atoms with Crippen LogP contribution in [-0.2, 0) is 4.79 Å². The molecule has 13 heavy (non-hydrogen) atoms. The highest BCUT2D eigenvalue weighted by atomic mass is 16.3. The van der Waals surface area contributed by atoms with Crippen LogP contribution in [0.3, 0.4) is 0 Å². The Bertz CT molecular complexity index is 176. The number of carbonyl (C=O) groups is 1. The zero-order valence-corrected chi connectivity index (χ0v) is 9.29. The lowest BCUT2D eigenvalue weighted by Crippen LogP contribution is -2.47. The molecular formula is C10H21NO2. The Morgan fingerprint density at radius 2 is 2.00 bits per heavy atom. The Balaban J connectivity index is 4.09. The molecule has 3 nitrogen and oxygen atoms in total. The number of nitrogens with zero attached hydrogens (tertiary/aromatic N) is 1. The van der Waals surface area contributed by atoms with Crippen LogP contribution in [0.1, 0.15) is 34.1 Å². The number of Topliss-reactive ketones (excluding diaryl/α,β-unsaturated/α-hetero) is 1. The fraction of sp³-hybridized carbons (Fsp3) is 0.900. The second-order valence-electron chi connectivity index (χ2n) is 4.17. The molecule has 0 aromatic carbocycles. The molecule has 0 aliphatic heterocycles. The molecule has 0 saturated carbocycles. The van der Waals surface area contributed by atoms with E-state index < -0.39 is 5.54 Å². The van der Waals surface area contributed by atoms with Gasteiger partial charge in [-0.3, -0.25) is 9.69 Å². The Hall–Kier alpha value is -0.410. The van der Waals surface area contributed by atoms with Gasteiger partial charge in [-0.2, -0.15) is 0 Å². The van der Waals surface area contributed by atoms with Crippen molar-refractivity contribution < 1.29 is 9.90 Å². The third-order valence-electron chi connectivity index (χ3n) is 2.70. The van der Waals surface area contributed by atoms with Crippen molar-refractivity contribution in [1.82, 2.24) is 4.90 Å². The molecule has 0 bridgehead atoms. The van der Waals surface area contributed by atoms with Gasteiger partial charge in [-0.15, -0.1) is 0 Å². The molecule has 0 radical (unpaired) electrons. The van der Waals surface area contributed by atoms with Gasteiger partial charge in [-0.05, 0) is 41.2 Å². The lowest BCUT2D eigenvalue weighted by atomic mass is 9.98. The summed E-state index contributed by atoms with van der Waals surface area (Å²) in [6, 6.07) is 0. The maximum absolute atomic E-state index is 11.2. The van der Waals surface area contributed by atoms with E-state index in [9.17, 15) is 4.79 Å². The SMILES string of the molecule is CC(=O)C(C)(C)N(C)CCC(C)O. The van der Waals surface area contributed by atoms with Crippen LogP contribution in [0.15, 0.2) is 0 Å². The van der Waals surface area contributed by atoms with Crippen molar-refractivity contribution in [2.24, 2.45) is 0 Å². The van der Waals surface area contributed by atoms with E-state index in [1.807, 2.05) is 25.8 Å². The normalized spacial score (nSPS) is 14.7. The summed E-state index contributed by atoms with van der Waals surface area (Å²) in [5.74, 6) is 0.153. The lowest BCUT2D eigenvalue weighted by Gasteiger charge is -2.33. The van der Waals surface area contributed by atoms with Crippen molar-refractivity contribution in [3.05, 3.63) is 0 Å². The number of ketones is 1. The van der Waals surface area contributed by atoms with Crippen LogP contribution in [0.5, 0.6) is 0 Å². The lowest BCUT2D eigenvalue weighted by molar-refractivity contribution is -0.126. The predicted octanol–water partition coefficient (Wildman–Crippen LogP) is 1.06. The molecule has 3 heteroatoms. The van der Waals surface area contributed by atoms with E-state index in [0.717, 1.165) is 6.54 Å². The molecule has 1 unspecified atom stereocenters. The standard InChI is InChI=1S/C10H21NO2/c1-8(12)6-7-11(5)10(3,4)9(2)13/h8,12H,6-7H2,1-5H3. The quantitative estimate of drug-likeness (QED) is 0.699. The maximum atomic E-state index is 11.2. The van der Waals surface area contributed by atoms with Crippen molar-refractivity contribution >= 4 is 5.78 Å². The summed E-state index contributed by atoms with van der Waals surface area (Å²) in [5, 5.41) is 9.09. The number of hydrogen-bond acceptors (Lipinski definition) is 3. The second kappa shape index (κ2) is 4.72. The monoisotopic (exact) mass is 187 g/mol. The third kappa shape index (κ3) is 3.87. The summed E-state index contributed by atoms with van der Waals surface area (Å²) in [7, 11) is 1.91. The minimum atomic E-state index is -0.422. The molecule has 0 saturated heterocycles. The fourth-order valence-electron chi connectivity index (χ4n) is 0.929. The van der Waals surface area contributed by atoms with E-state index >= 15 is 0 Å². The number of aliphatic hydroxyl groups is 1. The number of aliphatic hydroxyl groups excluding tert-OH is 1. The molecular weight excluding hydrogens is 166 g/mol. The van der Waals surface area contributed by atoms with Crippen molar-refractivity contribution in [1.29, 1.82) is 0 Å². The summed E-state index contributed by atoms with van der Waals surface area (Å²) >= 11 is 0. The van der Waals surface area contributed by atoms with Gasteiger partial charge in [0.15, 0.2) is 0 Å². The predicted molar refractivity (Wildman–Crippen MR) is 53.7 cm³/mol.